The summed E-state index contributed by atoms with van der Waals surface area (Å²) in [5.41, 5.74) is 5.39. The Morgan fingerprint density at radius 1 is 0.900 bits per heavy atom. The topological polar surface area (TPSA) is 16.8 Å². The van der Waals surface area contributed by atoms with Gasteiger partial charge < -0.3 is 0 Å². The summed E-state index contributed by atoms with van der Waals surface area (Å²) in [6.45, 7) is 2.11. The molecule has 1 heterocycles. The number of benzene rings is 4. The Hall–Kier alpha value is -2.35. The van der Waals surface area contributed by atoms with Gasteiger partial charge in [0, 0.05) is 41.1 Å². The number of rotatable bonds is 2. The quantitative estimate of drug-likeness (QED) is 0.156. The minimum Gasteiger partial charge on any atom is -0.260 e. The van der Waals surface area contributed by atoms with E-state index in [4.69, 9.17) is 0 Å². The summed E-state index contributed by atoms with van der Waals surface area (Å²) < 4.78 is 2.08. The molecule has 0 aliphatic carbocycles. The molecule has 0 bridgehead atoms. The number of aromatic nitrogens is 2. The molecule has 0 aliphatic rings. The summed E-state index contributed by atoms with van der Waals surface area (Å²) in [5.74, 6) is 0. The fourth-order valence-electron chi connectivity index (χ4n) is 3.76. The third kappa shape index (κ3) is 3.97. The van der Waals surface area contributed by atoms with E-state index in [-0.39, 0.29) is 41.1 Å². The molecule has 2 nitrogen and oxygen atoms in total. The second kappa shape index (κ2) is 9.20. The van der Waals surface area contributed by atoms with E-state index in [0.29, 0.717) is 0 Å². The molecule has 4 heteroatoms. The first kappa shape index (κ1) is 22.3. The maximum absolute atomic E-state index is 4.29. The number of nitrogens with zero attached hydrogens (tertiary/aromatic N) is 2. The molecule has 140 valence electrons. The summed E-state index contributed by atoms with van der Waals surface area (Å²) in [5, 5.41) is 4.96. The van der Waals surface area contributed by atoms with Crippen LogP contribution in [0.4, 0.5) is 0 Å². The fourth-order valence-corrected chi connectivity index (χ4v) is 3.76. The summed E-state index contributed by atoms with van der Waals surface area (Å²) in [7, 11) is 2.03. The second-order valence-corrected chi connectivity index (χ2v) is 7.14. The fraction of sp³-hybridized carbons (Fsp3) is 0.0769. The maximum atomic E-state index is 4.29. The molecule has 0 atom stereocenters. The molecule has 0 saturated heterocycles. The van der Waals surface area contributed by atoms with Crippen LogP contribution >= 0.6 is 0 Å². The van der Waals surface area contributed by atoms with Gasteiger partial charge in [-0.3, -0.25) is 4.98 Å². The predicted molar refractivity (Wildman–Crippen MR) is 119 cm³/mol. The molecule has 0 fully saturated rings. The Bertz CT molecular complexity index is 1350. The second-order valence-electron chi connectivity index (χ2n) is 7.14. The first-order valence-corrected chi connectivity index (χ1v) is 9.37. The number of fused-ring (bicyclic) bond motifs is 3. The van der Waals surface area contributed by atoms with Gasteiger partial charge in [0.2, 0.25) is 0 Å². The Balaban J connectivity index is 0.00000128. The molecule has 4 aromatic carbocycles. The third-order valence-electron chi connectivity index (χ3n) is 5.33. The molecule has 0 aliphatic heterocycles. The van der Waals surface area contributed by atoms with Crippen LogP contribution in [0.2, 0.25) is 0 Å². The average molecular weight is 459 g/mol. The van der Waals surface area contributed by atoms with Crippen molar-refractivity contribution in [2.75, 3.05) is 0 Å². The van der Waals surface area contributed by atoms with E-state index in [0.717, 1.165) is 22.4 Å². The minimum absolute atomic E-state index is 0. The van der Waals surface area contributed by atoms with Gasteiger partial charge in [0.15, 0.2) is 11.9 Å². The normalized spacial score (nSPS) is 10.5. The average Bonchev–Trinajstić information content (AvgIpc) is 2.74. The smallest absolute Gasteiger partial charge is 0.180 e. The molecular weight excluding hydrogens is 440 g/mol. The van der Waals surface area contributed by atoms with Crippen molar-refractivity contribution in [3.8, 4) is 22.4 Å². The number of aryl methyl sites for hydroxylation is 2. The molecule has 0 amide bonds. The first-order valence-electron chi connectivity index (χ1n) is 9.37. The van der Waals surface area contributed by atoms with E-state index in [9.17, 15) is 0 Å². The van der Waals surface area contributed by atoms with E-state index in [2.05, 4.69) is 89.3 Å². The van der Waals surface area contributed by atoms with Crippen LogP contribution in [-0.4, -0.2) is 13.4 Å². The monoisotopic (exact) mass is 459 g/mol. The van der Waals surface area contributed by atoms with Crippen LogP contribution in [0, 0.1) is 19.1 Å². The Labute approximate surface area is 204 Å². The van der Waals surface area contributed by atoms with Crippen molar-refractivity contribution in [2.24, 2.45) is 7.05 Å². The van der Waals surface area contributed by atoms with Gasteiger partial charge in [0.05, 0.1) is 12.4 Å². The molecule has 4 radical (unpaired) electrons. The van der Waals surface area contributed by atoms with Gasteiger partial charge in [-0.1, -0.05) is 59.7 Å². The molecule has 0 saturated carbocycles. The van der Waals surface area contributed by atoms with Crippen LogP contribution in [0.1, 0.15) is 5.56 Å². The molecule has 0 unspecified atom stereocenters. The van der Waals surface area contributed by atoms with E-state index in [1.54, 1.807) is 6.20 Å². The van der Waals surface area contributed by atoms with Gasteiger partial charge in [-0.25, -0.2) is 10.1 Å². The van der Waals surface area contributed by atoms with Crippen molar-refractivity contribution >= 4 is 30.0 Å². The van der Waals surface area contributed by atoms with Crippen molar-refractivity contribution in [1.29, 1.82) is 0 Å². The van der Waals surface area contributed by atoms with Crippen molar-refractivity contribution in [3.63, 3.8) is 0 Å². The van der Waals surface area contributed by atoms with Crippen LogP contribution in [0.25, 0.3) is 43.9 Å². The van der Waals surface area contributed by atoms with E-state index in [1.807, 2.05) is 19.4 Å². The van der Waals surface area contributed by atoms with Gasteiger partial charge in [0.1, 0.15) is 7.05 Å². The van der Waals surface area contributed by atoms with E-state index in [1.165, 1.54) is 27.1 Å². The summed E-state index contributed by atoms with van der Waals surface area (Å²) in [6.07, 6.45) is 5.64. The van der Waals surface area contributed by atoms with Gasteiger partial charge in [-0.15, -0.1) is 23.1 Å². The van der Waals surface area contributed by atoms with Crippen LogP contribution in [0.15, 0.2) is 79.3 Å². The molecule has 1 aromatic heterocycles. The molecular formula is C26H19BN2Y-. The molecule has 0 N–H and O–H groups in total. The number of hydrogen-bond acceptors (Lipinski definition) is 1. The van der Waals surface area contributed by atoms with Crippen molar-refractivity contribution in [2.45, 2.75) is 6.92 Å². The van der Waals surface area contributed by atoms with Gasteiger partial charge in [-0.2, -0.15) is 29.8 Å². The Morgan fingerprint density at radius 3 is 2.53 bits per heavy atom. The minimum atomic E-state index is 0. The standard InChI is InChI=1S/C26H19N2.B.Y/c1-18-7-8-21(16-25(18)26-17-27-13-14-28(26)2)20-11-12-24-22(15-20)10-9-19-5-3-4-6-23(19)24;;/h3-10,12-15,17H,1-2H3;;/q-1;;. The van der Waals surface area contributed by atoms with Gasteiger partial charge in [-0.05, 0) is 5.39 Å². The molecule has 30 heavy (non-hydrogen) atoms. The Kier molecular flexibility index (Phi) is 6.85. The molecule has 0 spiro atoms. The first-order chi connectivity index (χ1) is 13.7. The van der Waals surface area contributed by atoms with Crippen LogP contribution in [0.5, 0.6) is 0 Å². The van der Waals surface area contributed by atoms with Gasteiger partial charge >= 0.3 is 0 Å². The summed E-state index contributed by atoms with van der Waals surface area (Å²) in [6, 6.07) is 28.5. The SMILES string of the molecule is Cc1ccc(-c2[c-]cc3c(ccc4ccccc43)c2)[c-]c1-c1cncc[n+]1C.[B].[Y]. The summed E-state index contributed by atoms with van der Waals surface area (Å²) in [4.78, 5) is 4.29. The van der Waals surface area contributed by atoms with Gasteiger partial charge in [0.25, 0.3) is 0 Å². The molecule has 5 rings (SSSR count). The van der Waals surface area contributed by atoms with E-state index < -0.39 is 0 Å². The zero-order valence-corrected chi connectivity index (χ0v) is 19.9. The van der Waals surface area contributed by atoms with E-state index >= 15 is 0 Å². The number of hydrogen-bond donors (Lipinski definition) is 0. The maximum Gasteiger partial charge on any atom is 0.180 e. The van der Waals surface area contributed by atoms with Crippen LogP contribution in [0.3, 0.4) is 0 Å². The summed E-state index contributed by atoms with van der Waals surface area (Å²) >= 11 is 0. The Morgan fingerprint density at radius 2 is 1.70 bits per heavy atom. The van der Waals surface area contributed by atoms with Crippen molar-refractivity contribution in [1.82, 2.24) is 4.98 Å². The molecule has 5 aromatic rings. The predicted octanol–water partition coefficient (Wildman–Crippen LogP) is 5.07. The largest absolute Gasteiger partial charge is 0.260 e. The van der Waals surface area contributed by atoms with Crippen molar-refractivity contribution < 1.29 is 37.3 Å². The zero-order chi connectivity index (χ0) is 19.1. The van der Waals surface area contributed by atoms with Crippen molar-refractivity contribution in [3.05, 3.63) is 97.0 Å². The third-order valence-corrected chi connectivity index (χ3v) is 5.33. The van der Waals surface area contributed by atoms with Crippen LogP contribution < -0.4 is 4.57 Å². The van der Waals surface area contributed by atoms with Crippen LogP contribution in [-0.2, 0) is 39.8 Å². The zero-order valence-electron chi connectivity index (χ0n) is 17.1.